The summed E-state index contributed by atoms with van der Waals surface area (Å²) >= 11 is 5.17. The summed E-state index contributed by atoms with van der Waals surface area (Å²) in [5.41, 5.74) is 1.89. The van der Waals surface area contributed by atoms with E-state index in [1.807, 2.05) is 5.51 Å². The van der Waals surface area contributed by atoms with Crippen molar-refractivity contribution in [3.05, 3.63) is 5.51 Å². The van der Waals surface area contributed by atoms with Gasteiger partial charge in [0, 0.05) is 0 Å². The van der Waals surface area contributed by atoms with Gasteiger partial charge in [0.1, 0.15) is 5.03 Å². The summed E-state index contributed by atoms with van der Waals surface area (Å²) < 4.78 is 1.32. The molecule has 0 aliphatic heterocycles. The van der Waals surface area contributed by atoms with E-state index in [9.17, 15) is 0 Å². The Bertz CT molecular complexity index is 166. The second-order valence-electron chi connectivity index (χ2n) is 1.35. The second kappa shape index (κ2) is 3.49. The first-order valence-corrected chi connectivity index (χ1v) is 5.73. The second-order valence-corrected chi connectivity index (χ2v) is 4.08. The third-order valence-corrected chi connectivity index (χ3v) is 3.81. The molecule has 4 heteroatoms. The normalized spacial score (nSPS) is 10.0. The van der Waals surface area contributed by atoms with Crippen molar-refractivity contribution in [2.45, 2.75) is 9.24 Å². The average Bonchev–Trinajstić information content (AvgIpc) is 2.33. The van der Waals surface area contributed by atoms with Gasteiger partial charge < -0.3 is 0 Å². The van der Waals surface area contributed by atoms with Gasteiger partial charge in [-0.2, -0.15) is 0 Å². The minimum absolute atomic E-state index is 1.16. The molecule has 0 aromatic carbocycles. The Morgan fingerprint density at radius 2 is 2.22 bits per heavy atom. The molecule has 1 nitrogen and oxygen atoms in total. The maximum absolute atomic E-state index is 4.17. The van der Waals surface area contributed by atoms with Crippen LogP contribution in [0, 0.1) is 0 Å². The first-order valence-electron chi connectivity index (χ1n) is 2.40. The molecule has 0 aliphatic carbocycles. The monoisotopic (exact) mass is 177 g/mol. The summed E-state index contributed by atoms with van der Waals surface area (Å²) in [6.07, 6.45) is 4.13. The van der Waals surface area contributed by atoms with Gasteiger partial charge in [0.25, 0.3) is 0 Å². The fourth-order valence-corrected chi connectivity index (χ4v) is 2.93. The number of thioether (sulfide) groups is 2. The fourth-order valence-electron chi connectivity index (χ4n) is 0.497. The summed E-state index contributed by atoms with van der Waals surface area (Å²) in [6, 6.07) is 0. The van der Waals surface area contributed by atoms with Crippen molar-refractivity contribution < 1.29 is 0 Å². The number of hydrogen-bond donors (Lipinski definition) is 0. The molecule has 1 aromatic heterocycles. The van der Waals surface area contributed by atoms with Crippen LogP contribution in [0.1, 0.15) is 0 Å². The van der Waals surface area contributed by atoms with E-state index in [0.29, 0.717) is 0 Å². The minimum atomic E-state index is 1.16. The molecule has 0 saturated heterocycles. The quantitative estimate of drug-likeness (QED) is 0.644. The average molecular weight is 177 g/mol. The molecule has 50 valence electrons. The highest BCUT2D eigenvalue weighted by molar-refractivity contribution is 8.02. The highest BCUT2D eigenvalue weighted by Crippen LogP contribution is 2.29. The molecule has 0 amide bonds. The van der Waals surface area contributed by atoms with Gasteiger partial charge in [0.2, 0.25) is 0 Å². The lowest BCUT2D eigenvalue weighted by Crippen LogP contribution is -1.67. The topological polar surface area (TPSA) is 12.9 Å². The van der Waals surface area contributed by atoms with Crippen molar-refractivity contribution in [2.75, 3.05) is 12.5 Å². The van der Waals surface area contributed by atoms with Gasteiger partial charge in [0.15, 0.2) is 0 Å². The Labute approximate surface area is 67.3 Å². The van der Waals surface area contributed by atoms with E-state index < -0.39 is 0 Å². The molecule has 0 saturated carbocycles. The molecule has 1 rings (SSSR count). The predicted octanol–water partition coefficient (Wildman–Crippen LogP) is 2.59. The van der Waals surface area contributed by atoms with Crippen molar-refractivity contribution in [3.63, 3.8) is 0 Å². The Balaban J connectivity index is 2.85. The van der Waals surface area contributed by atoms with Gasteiger partial charge in [-0.25, -0.2) is 4.98 Å². The number of rotatable bonds is 2. The highest BCUT2D eigenvalue weighted by Gasteiger charge is 2.00. The molecular weight excluding hydrogens is 170 g/mol. The van der Waals surface area contributed by atoms with Crippen molar-refractivity contribution in [3.8, 4) is 0 Å². The summed E-state index contributed by atoms with van der Waals surface area (Å²) in [6.45, 7) is 0. The number of thiazole rings is 1. The van der Waals surface area contributed by atoms with E-state index in [-0.39, 0.29) is 0 Å². The van der Waals surface area contributed by atoms with E-state index >= 15 is 0 Å². The molecule has 0 atom stereocenters. The van der Waals surface area contributed by atoms with Crippen molar-refractivity contribution in [2.24, 2.45) is 0 Å². The van der Waals surface area contributed by atoms with Gasteiger partial charge in [0.05, 0.1) is 9.72 Å². The molecule has 0 spiro atoms. The number of nitrogens with zero attached hydrogens (tertiary/aromatic N) is 1. The zero-order valence-corrected chi connectivity index (χ0v) is 7.70. The summed E-state index contributed by atoms with van der Waals surface area (Å²) in [7, 11) is 0. The van der Waals surface area contributed by atoms with Crippen LogP contribution in [0.15, 0.2) is 14.7 Å². The predicted molar refractivity (Wildman–Crippen MR) is 45.7 cm³/mol. The van der Waals surface area contributed by atoms with Gasteiger partial charge in [-0.05, 0) is 12.5 Å². The Morgan fingerprint density at radius 1 is 1.44 bits per heavy atom. The van der Waals surface area contributed by atoms with Crippen LogP contribution in [0.3, 0.4) is 0 Å². The van der Waals surface area contributed by atoms with Crippen LogP contribution in [-0.2, 0) is 0 Å². The summed E-state index contributed by atoms with van der Waals surface area (Å²) in [5, 5.41) is 1.16. The molecule has 0 aliphatic rings. The van der Waals surface area contributed by atoms with Crippen molar-refractivity contribution in [1.82, 2.24) is 4.98 Å². The zero-order valence-electron chi connectivity index (χ0n) is 5.25. The van der Waals surface area contributed by atoms with Crippen LogP contribution < -0.4 is 0 Å². The summed E-state index contributed by atoms with van der Waals surface area (Å²) in [4.78, 5) is 4.17. The van der Waals surface area contributed by atoms with E-state index in [1.54, 1.807) is 34.9 Å². The van der Waals surface area contributed by atoms with Crippen LogP contribution in [0.5, 0.6) is 0 Å². The van der Waals surface area contributed by atoms with Crippen molar-refractivity contribution >= 4 is 34.9 Å². The molecule has 1 heterocycles. The van der Waals surface area contributed by atoms with Crippen LogP contribution in [0.4, 0.5) is 0 Å². The SMILES string of the molecule is CSc1ncsc1SC. The van der Waals surface area contributed by atoms with E-state index in [4.69, 9.17) is 0 Å². The smallest absolute Gasteiger partial charge is 0.120 e. The third kappa shape index (κ3) is 1.63. The molecule has 9 heavy (non-hydrogen) atoms. The van der Waals surface area contributed by atoms with Crippen LogP contribution in [-0.4, -0.2) is 17.5 Å². The first kappa shape index (κ1) is 7.44. The number of aromatic nitrogens is 1. The Kier molecular flexibility index (Phi) is 2.88. The standard InChI is InChI=1S/C5H7NS3/c1-7-4-5(8-2)9-3-6-4/h3H,1-2H3. The summed E-state index contributed by atoms with van der Waals surface area (Å²) in [5.74, 6) is 0. The molecule has 0 N–H and O–H groups in total. The zero-order chi connectivity index (χ0) is 6.69. The Hall–Kier alpha value is 0.330. The molecule has 0 unspecified atom stereocenters. The Morgan fingerprint density at radius 3 is 2.67 bits per heavy atom. The molecule has 0 bridgehead atoms. The molecular formula is C5H7NS3. The van der Waals surface area contributed by atoms with Crippen LogP contribution in [0.2, 0.25) is 0 Å². The molecule has 0 fully saturated rings. The maximum Gasteiger partial charge on any atom is 0.120 e. The molecule has 1 aromatic rings. The van der Waals surface area contributed by atoms with E-state index in [2.05, 4.69) is 17.5 Å². The lowest BCUT2D eigenvalue weighted by molar-refractivity contribution is 1.14. The largest absolute Gasteiger partial charge is 0.237 e. The fraction of sp³-hybridized carbons (Fsp3) is 0.400. The molecule has 0 radical (unpaired) electrons. The number of hydrogen-bond acceptors (Lipinski definition) is 4. The minimum Gasteiger partial charge on any atom is -0.237 e. The van der Waals surface area contributed by atoms with Crippen LogP contribution in [0.25, 0.3) is 0 Å². The lowest BCUT2D eigenvalue weighted by atomic mass is 11.0. The lowest BCUT2D eigenvalue weighted by Gasteiger charge is -1.89. The van der Waals surface area contributed by atoms with Crippen molar-refractivity contribution in [1.29, 1.82) is 0 Å². The van der Waals surface area contributed by atoms with Gasteiger partial charge >= 0.3 is 0 Å². The van der Waals surface area contributed by atoms with Crippen LogP contribution >= 0.6 is 34.9 Å². The highest BCUT2D eigenvalue weighted by atomic mass is 32.2. The first-order chi connectivity index (χ1) is 4.38. The van der Waals surface area contributed by atoms with Gasteiger partial charge in [-0.1, -0.05) is 0 Å². The van der Waals surface area contributed by atoms with E-state index in [1.165, 1.54) is 4.21 Å². The maximum atomic E-state index is 4.17. The van der Waals surface area contributed by atoms with E-state index in [0.717, 1.165) is 5.03 Å². The van der Waals surface area contributed by atoms with Gasteiger partial charge in [-0.15, -0.1) is 34.9 Å². The third-order valence-electron chi connectivity index (χ3n) is 0.883. The van der Waals surface area contributed by atoms with Gasteiger partial charge in [-0.3, -0.25) is 0 Å².